The molecule has 0 aliphatic carbocycles. The van der Waals surface area contributed by atoms with Crippen molar-refractivity contribution in [1.82, 2.24) is 4.98 Å². The van der Waals surface area contributed by atoms with Gasteiger partial charge in [-0.05, 0) is 28.3 Å². The second-order valence-corrected chi connectivity index (χ2v) is 7.18. The van der Waals surface area contributed by atoms with Gasteiger partial charge in [-0.3, -0.25) is 0 Å². The molecule has 6 rings (SSSR count). The predicted octanol–water partition coefficient (Wildman–Crippen LogP) is 6.18. The van der Waals surface area contributed by atoms with Gasteiger partial charge in [0.15, 0.2) is 0 Å². The Morgan fingerprint density at radius 3 is 2.31 bits per heavy atom. The summed E-state index contributed by atoms with van der Waals surface area (Å²) in [5.74, 6) is 0. The van der Waals surface area contributed by atoms with Crippen LogP contribution >= 0.6 is 0 Å². The molecule has 4 aromatic carbocycles. The van der Waals surface area contributed by atoms with Gasteiger partial charge in [-0.15, -0.1) is 0 Å². The number of nitrogens with one attached hydrogen (secondary N) is 2. The minimum absolute atomic E-state index is 0.311. The number of fused-ring (bicyclic) bond motifs is 6. The van der Waals surface area contributed by atoms with Crippen molar-refractivity contribution in [3.8, 4) is 0 Å². The molecule has 1 aromatic heterocycles. The van der Waals surface area contributed by atoms with Crippen LogP contribution in [0.25, 0.3) is 32.4 Å². The number of hydrogen-bond acceptors (Lipinski definition) is 1. The van der Waals surface area contributed by atoms with Crippen LogP contribution in [0, 0.1) is 0 Å². The molecule has 1 aliphatic heterocycles. The Hall–Kier alpha value is -3.26. The van der Waals surface area contributed by atoms with Crippen molar-refractivity contribution in [1.29, 1.82) is 0 Å². The lowest BCUT2D eigenvalue weighted by Gasteiger charge is -2.11. The Morgan fingerprint density at radius 1 is 0.692 bits per heavy atom. The molecule has 26 heavy (non-hydrogen) atoms. The number of H-pyrrole nitrogens is 1. The molecule has 1 aliphatic rings. The summed E-state index contributed by atoms with van der Waals surface area (Å²) in [4.78, 5) is 3.53. The van der Waals surface area contributed by atoms with Gasteiger partial charge in [-0.2, -0.15) is 0 Å². The van der Waals surface area contributed by atoms with Crippen LogP contribution in [0.4, 0.5) is 5.69 Å². The first-order valence-electron chi connectivity index (χ1n) is 9.14. The van der Waals surface area contributed by atoms with Crippen molar-refractivity contribution in [3.63, 3.8) is 0 Å². The summed E-state index contributed by atoms with van der Waals surface area (Å²) >= 11 is 0. The highest BCUT2D eigenvalue weighted by molar-refractivity contribution is 6.07. The van der Waals surface area contributed by atoms with Gasteiger partial charge >= 0.3 is 0 Å². The average Bonchev–Trinajstić information content (AvgIpc) is 3.32. The molecule has 2 heterocycles. The first kappa shape index (κ1) is 14.0. The number of aromatic amines is 1. The fraction of sp³-hybridized carbons (Fsp3) is 0.0833. The number of aromatic nitrogens is 1. The van der Waals surface area contributed by atoms with Crippen LogP contribution in [0.1, 0.15) is 17.2 Å². The molecule has 0 saturated carbocycles. The number of rotatable bonds is 1. The Labute approximate surface area is 151 Å². The minimum atomic E-state index is 0.311. The maximum Gasteiger partial charge on any atom is 0.0576 e. The number of hydrogen-bond donors (Lipinski definition) is 2. The fourth-order valence-electron chi connectivity index (χ4n) is 4.47. The topological polar surface area (TPSA) is 27.8 Å². The van der Waals surface area contributed by atoms with Gasteiger partial charge < -0.3 is 10.3 Å². The molecular formula is C24H18N2. The van der Waals surface area contributed by atoms with E-state index < -0.39 is 0 Å². The van der Waals surface area contributed by atoms with E-state index in [0.29, 0.717) is 6.04 Å². The molecule has 124 valence electrons. The van der Waals surface area contributed by atoms with Gasteiger partial charge in [0.1, 0.15) is 0 Å². The van der Waals surface area contributed by atoms with Crippen LogP contribution in [-0.2, 0) is 6.42 Å². The zero-order chi connectivity index (χ0) is 17.1. The third-order valence-corrected chi connectivity index (χ3v) is 5.75. The van der Waals surface area contributed by atoms with E-state index in [1.807, 2.05) is 0 Å². The monoisotopic (exact) mass is 334 g/mol. The molecule has 0 spiro atoms. The molecule has 2 nitrogen and oxygen atoms in total. The van der Waals surface area contributed by atoms with Crippen molar-refractivity contribution < 1.29 is 0 Å². The normalized spacial score (nSPS) is 16.2. The van der Waals surface area contributed by atoms with E-state index in [0.717, 1.165) is 6.42 Å². The zero-order valence-corrected chi connectivity index (χ0v) is 14.3. The fourth-order valence-corrected chi connectivity index (χ4v) is 4.47. The summed E-state index contributed by atoms with van der Waals surface area (Å²) in [6.45, 7) is 0. The van der Waals surface area contributed by atoms with E-state index in [1.165, 1.54) is 49.3 Å². The number of anilines is 1. The maximum absolute atomic E-state index is 3.80. The van der Waals surface area contributed by atoms with E-state index in [4.69, 9.17) is 0 Å². The Bertz CT molecular complexity index is 1300. The van der Waals surface area contributed by atoms with Gasteiger partial charge in [0.2, 0.25) is 0 Å². The van der Waals surface area contributed by atoms with E-state index in [2.05, 4.69) is 89.3 Å². The minimum Gasteiger partial charge on any atom is -0.377 e. The third kappa shape index (κ3) is 1.87. The van der Waals surface area contributed by atoms with Gasteiger partial charge in [-0.25, -0.2) is 0 Å². The van der Waals surface area contributed by atoms with Crippen LogP contribution in [0.15, 0.2) is 79.0 Å². The van der Waals surface area contributed by atoms with Crippen molar-refractivity contribution in [3.05, 3.63) is 90.1 Å². The number of benzene rings is 4. The quantitative estimate of drug-likeness (QED) is 0.376. The molecule has 0 bridgehead atoms. The van der Waals surface area contributed by atoms with Crippen LogP contribution < -0.4 is 5.32 Å². The maximum atomic E-state index is 3.80. The van der Waals surface area contributed by atoms with E-state index in [1.54, 1.807) is 0 Å². The van der Waals surface area contributed by atoms with Crippen LogP contribution in [-0.4, -0.2) is 4.98 Å². The summed E-state index contributed by atoms with van der Waals surface area (Å²) in [6.07, 6.45) is 3.21. The van der Waals surface area contributed by atoms with Crippen molar-refractivity contribution >= 4 is 38.1 Å². The van der Waals surface area contributed by atoms with Gasteiger partial charge in [0, 0.05) is 28.0 Å². The molecule has 5 aromatic rings. The lowest BCUT2D eigenvalue weighted by molar-refractivity contribution is 0.832. The molecule has 2 N–H and O–H groups in total. The SMILES string of the molecule is c1ccc2c3c(ccc2c1)CC(c1c[nH]c2c1ccc1ccccc12)N3. The Kier molecular flexibility index (Phi) is 2.75. The van der Waals surface area contributed by atoms with E-state index in [9.17, 15) is 0 Å². The highest BCUT2D eigenvalue weighted by Gasteiger charge is 2.25. The molecule has 0 saturated heterocycles. The molecule has 0 fully saturated rings. The summed E-state index contributed by atoms with van der Waals surface area (Å²) in [7, 11) is 0. The highest BCUT2D eigenvalue weighted by Crippen LogP contribution is 2.41. The first-order chi connectivity index (χ1) is 12.9. The smallest absolute Gasteiger partial charge is 0.0576 e. The van der Waals surface area contributed by atoms with E-state index in [-0.39, 0.29) is 0 Å². The zero-order valence-electron chi connectivity index (χ0n) is 14.3. The van der Waals surface area contributed by atoms with Crippen LogP contribution in [0.5, 0.6) is 0 Å². The summed E-state index contributed by atoms with van der Waals surface area (Å²) in [6, 6.07) is 26.5. The average molecular weight is 334 g/mol. The standard InChI is InChI=1S/C24H18N2/c1-3-7-18-15(5-1)9-10-17-13-22(26-23(17)18)21-14-25-24-19-8-4-2-6-16(19)11-12-20(21)24/h1-12,14,22,25-26H,13H2. The molecule has 0 amide bonds. The predicted molar refractivity (Wildman–Crippen MR) is 110 cm³/mol. The van der Waals surface area contributed by atoms with Crippen molar-refractivity contribution in [2.75, 3.05) is 5.32 Å². The third-order valence-electron chi connectivity index (χ3n) is 5.75. The Balaban J connectivity index is 1.50. The highest BCUT2D eigenvalue weighted by atomic mass is 15.0. The lowest BCUT2D eigenvalue weighted by atomic mass is 9.99. The molecule has 0 radical (unpaired) electrons. The van der Waals surface area contributed by atoms with Crippen LogP contribution in [0.2, 0.25) is 0 Å². The summed E-state index contributed by atoms with van der Waals surface area (Å²) in [5.41, 5.74) is 5.29. The molecular weight excluding hydrogens is 316 g/mol. The second-order valence-electron chi connectivity index (χ2n) is 7.18. The van der Waals surface area contributed by atoms with Gasteiger partial charge in [0.25, 0.3) is 0 Å². The second kappa shape index (κ2) is 5.12. The first-order valence-corrected chi connectivity index (χ1v) is 9.14. The molecule has 1 atom stereocenters. The summed E-state index contributed by atoms with van der Waals surface area (Å²) in [5, 5.41) is 10.3. The largest absolute Gasteiger partial charge is 0.377 e. The van der Waals surface area contributed by atoms with Crippen molar-refractivity contribution in [2.24, 2.45) is 0 Å². The van der Waals surface area contributed by atoms with Gasteiger partial charge in [-0.1, -0.05) is 72.8 Å². The summed E-state index contributed by atoms with van der Waals surface area (Å²) < 4.78 is 0. The van der Waals surface area contributed by atoms with Crippen LogP contribution in [0.3, 0.4) is 0 Å². The van der Waals surface area contributed by atoms with Crippen molar-refractivity contribution in [2.45, 2.75) is 12.5 Å². The molecule has 1 unspecified atom stereocenters. The Morgan fingerprint density at radius 2 is 1.42 bits per heavy atom. The molecule has 2 heteroatoms. The van der Waals surface area contributed by atoms with E-state index >= 15 is 0 Å². The van der Waals surface area contributed by atoms with Gasteiger partial charge in [0.05, 0.1) is 11.6 Å². The lowest BCUT2D eigenvalue weighted by Crippen LogP contribution is -2.04.